The number of carbonyl (C=O) groups is 3. The number of hydrogen-bond donors (Lipinski definition) is 1. The van der Waals surface area contributed by atoms with Gasteiger partial charge >= 0.3 is 5.97 Å². The van der Waals surface area contributed by atoms with Crippen molar-refractivity contribution in [2.45, 2.75) is 95.8 Å². The van der Waals surface area contributed by atoms with E-state index in [1.807, 2.05) is 45.0 Å². The summed E-state index contributed by atoms with van der Waals surface area (Å²) in [7, 11) is 0. The first-order chi connectivity index (χ1) is 20.2. The largest absolute Gasteiger partial charge is 0.465 e. The average molecular weight is 581 g/mol. The number of aliphatic hydroxyl groups is 1. The van der Waals surface area contributed by atoms with Crippen LogP contribution >= 0.6 is 0 Å². The van der Waals surface area contributed by atoms with Crippen molar-refractivity contribution in [1.29, 1.82) is 0 Å². The molecule has 8 heteroatoms. The normalized spacial score (nSPS) is 27.7. The van der Waals surface area contributed by atoms with Gasteiger partial charge in [0.15, 0.2) is 0 Å². The smallest absolute Gasteiger partial charge is 0.312 e. The van der Waals surface area contributed by atoms with E-state index < -0.39 is 35.0 Å². The number of aliphatic hydroxyl groups excluding tert-OH is 1. The number of allylic oxidation sites excluding steroid dienone is 1. The average Bonchev–Trinajstić information content (AvgIpc) is 3.58. The van der Waals surface area contributed by atoms with Gasteiger partial charge in [0.25, 0.3) is 5.91 Å². The molecule has 1 aromatic rings. The molecule has 2 bridgehead atoms. The van der Waals surface area contributed by atoms with Crippen molar-refractivity contribution in [3.63, 3.8) is 0 Å². The summed E-state index contributed by atoms with van der Waals surface area (Å²) in [6.07, 6.45) is 9.66. The zero-order valence-corrected chi connectivity index (χ0v) is 25.6. The summed E-state index contributed by atoms with van der Waals surface area (Å²) in [5.41, 5.74) is 0.782. The Bertz CT molecular complexity index is 1160. The van der Waals surface area contributed by atoms with E-state index in [1.165, 1.54) is 0 Å². The minimum atomic E-state index is -1.11. The molecule has 1 N–H and O–H groups in total. The van der Waals surface area contributed by atoms with Crippen LogP contribution in [-0.2, 0) is 23.9 Å². The Balaban J connectivity index is 1.73. The van der Waals surface area contributed by atoms with Crippen LogP contribution in [0.4, 0.5) is 5.69 Å². The van der Waals surface area contributed by atoms with Gasteiger partial charge in [-0.25, -0.2) is 0 Å². The second kappa shape index (κ2) is 13.6. The van der Waals surface area contributed by atoms with Gasteiger partial charge in [-0.05, 0) is 82.8 Å². The summed E-state index contributed by atoms with van der Waals surface area (Å²) in [6.45, 7) is 14.6. The molecule has 2 unspecified atom stereocenters. The lowest BCUT2D eigenvalue weighted by Gasteiger charge is -2.37. The number of rotatable bonds is 16. The molecule has 4 rings (SSSR count). The summed E-state index contributed by atoms with van der Waals surface area (Å²) in [5.74, 6) is -2.35. The van der Waals surface area contributed by atoms with Gasteiger partial charge in [0.2, 0.25) is 5.91 Å². The lowest BCUT2D eigenvalue weighted by atomic mass is 9.65. The Morgan fingerprint density at radius 3 is 2.50 bits per heavy atom. The van der Waals surface area contributed by atoms with Gasteiger partial charge < -0.3 is 24.4 Å². The number of unbranched alkanes of at least 4 members (excludes halogenated alkanes) is 4. The maximum atomic E-state index is 14.8. The molecule has 5 atom stereocenters. The van der Waals surface area contributed by atoms with Crippen molar-refractivity contribution in [3.05, 3.63) is 54.6 Å². The molecular weight excluding hydrogens is 532 g/mol. The first-order valence-corrected chi connectivity index (χ1v) is 15.6. The molecule has 230 valence electrons. The Morgan fingerprint density at radius 2 is 1.86 bits per heavy atom. The zero-order valence-electron chi connectivity index (χ0n) is 25.6. The maximum absolute atomic E-state index is 14.8. The van der Waals surface area contributed by atoms with Crippen molar-refractivity contribution in [2.75, 3.05) is 31.2 Å². The number of hydrogen-bond acceptors (Lipinski definition) is 6. The molecule has 0 radical (unpaired) electrons. The highest BCUT2D eigenvalue weighted by molar-refractivity contribution is 6.05. The third-order valence-electron chi connectivity index (χ3n) is 9.56. The minimum absolute atomic E-state index is 0.0748. The molecule has 3 aliphatic heterocycles. The Labute approximate surface area is 250 Å². The molecule has 8 nitrogen and oxygen atoms in total. The predicted molar refractivity (Wildman–Crippen MR) is 163 cm³/mol. The van der Waals surface area contributed by atoms with Crippen LogP contribution in [-0.4, -0.2) is 71.3 Å². The summed E-state index contributed by atoms with van der Waals surface area (Å²) in [6, 6.07) is 5.04. The molecule has 3 heterocycles. The highest BCUT2D eigenvalue weighted by Crippen LogP contribution is 2.64. The number of nitrogens with zero attached hydrogens (tertiary/aromatic N) is 2. The molecule has 2 amide bonds. The summed E-state index contributed by atoms with van der Waals surface area (Å²) < 4.78 is 12.7. The van der Waals surface area contributed by atoms with Gasteiger partial charge in [0, 0.05) is 25.4 Å². The molecule has 3 aliphatic rings. The van der Waals surface area contributed by atoms with E-state index in [0.29, 0.717) is 38.6 Å². The van der Waals surface area contributed by atoms with E-state index in [9.17, 15) is 19.5 Å². The molecule has 42 heavy (non-hydrogen) atoms. The minimum Gasteiger partial charge on any atom is -0.465 e. The summed E-state index contributed by atoms with van der Waals surface area (Å²) in [4.78, 5) is 46.3. The van der Waals surface area contributed by atoms with E-state index in [0.717, 1.165) is 42.5 Å². The highest BCUT2D eigenvalue weighted by Gasteiger charge is 2.79. The summed E-state index contributed by atoms with van der Waals surface area (Å²) in [5, 5.41) is 9.32. The zero-order chi connectivity index (χ0) is 30.5. The second-order valence-electron chi connectivity index (χ2n) is 12.1. The number of esters is 1. The molecule has 0 aliphatic carbocycles. The monoisotopic (exact) mass is 580 g/mol. The number of fused-ring (bicyclic) bond motifs is 1. The molecule has 3 saturated heterocycles. The predicted octanol–water partition coefficient (Wildman–Crippen LogP) is 5.04. The third kappa shape index (κ3) is 5.55. The standard InChI is InChI=1S/C34H48N2O6/c1-6-9-10-14-23-41-32(40)27-26-30(38)36(21-12-11-13-22-37)29(34(26)19-18-33(27,8-3)42-34)31(39)35(20-7-2)28-24(4)16-15-17-25(28)5/h6-7,15-17,26-27,29,37H,1-2,8-14,18-23H2,3-5H3/t26-,27+,29?,33-,34?/m0/s1. The molecule has 1 spiro atoms. The van der Waals surface area contributed by atoms with Crippen molar-refractivity contribution < 1.29 is 29.0 Å². The molecule has 0 saturated carbocycles. The van der Waals surface area contributed by atoms with E-state index >= 15 is 0 Å². The van der Waals surface area contributed by atoms with Gasteiger partial charge in [0.05, 0.1) is 18.1 Å². The highest BCUT2D eigenvalue weighted by atomic mass is 16.6. The Kier molecular flexibility index (Phi) is 10.3. The van der Waals surface area contributed by atoms with Crippen LogP contribution in [0, 0.1) is 25.7 Å². The Morgan fingerprint density at radius 1 is 1.12 bits per heavy atom. The van der Waals surface area contributed by atoms with Gasteiger partial charge in [-0.2, -0.15) is 0 Å². The number of anilines is 1. The van der Waals surface area contributed by atoms with Crippen molar-refractivity contribution in [3.8, 4) is 0 Å². The molecule has 0 aromatic heterocycles. The van der Waals surface area contributed by atoms with E-state index in [1.54, 1.807) is 15.9 Å². The van der Waals surface area contributed by atoms with Crippen LogP contribution in [0.5, 0.6) is 0 Å². The summed E-state index contributed by atoms with van der Waals surface area (Å²) >= 11 is 0. The van der Waals surface area contributed by atoms with E-state index in [4.69, 9.17) is 9.47 Å². The molecule has 3 fully saturated rings. The first-order valence-electron chi connectivity index (χ1n) is 15.6. The maximum Gasteiger partial charge on any atom is 0.312 e. The van der Waals surface area contributed by atoms with E-state index in [2.05, 4.69) is 13.2 Å². The van der Waals surface area contributed by atoms with Crippen molar-refractivity contribution >= 4 is 23.5 Å². The van der Waals surface area contributed by atoms with Crippen LogP contribution < -0.4 is 4.90 Å². The van der Waals surface area contributed by atoms with Crippen LogP contribution in [0.15, 0.2) is 43.5 Å². The SMILES string of the molecule is C=CCCCCOC(=O)[C@H]1[C@H]2C(=O)N(CCCCCO)C(C(=O)N(CC=C)c3c(C)cccc3C)C23CC[C@]1(CC)O3. The number of ether oxygens (including phenoxy) is 2. The van der Waals surface area contributed by atoms with Crippen LogP contribution in [0.1, 0.15) is 75.8 Å². The topological polar surface area (TPSA) is 96.4 Å². The lowest BCUT2D eigenvalue weighted by molar-refractivity contribution is -0.161. The van der Waals surface area contributed by atoms with Gasteiger partial charge in [0.1, 0.15) is 17.6 Å². The number of para-hydroxylation sites is 1. The van der Waals surface area contributed by atoms with Gasteiger partial charge in [-0.3, -0.25) is 14.4 Å². The molecule has 1 aromatic carbocycles. The van der Waals surface area contributed by atoms with Crippen molar-refractivity contribution in [1.82, 2.24) is 4.90 Å². The van der Waals surface area contributed by atoms with Crippen LogP contribution in [0.25, 0.3) is 0 Å². The number of aryl methyl sites for hydroxylation is 2. The Hall–Kier alpha value is -2.97. The van der Waals surface area contributed by atoms with E-state index in [-0.39, 0.29) is 31.6 Å². The first kappa shape index (κ1) is 32.0. The van der Waals surface area contributed by atoms with Crippen LogP contribution in [0.3, 0.4) is 0 Å². The fourth-order valence-corrected chi connectivity index (χ4v) is 7.62. The van der Waals surface area contributed by atoms with Crippen LogP contribution in [0.2, 0.25) is 0 Å². The number of benzene rings is 1. The van der Waals surface area contributed by atoms with Gasteiger partial charge in [-0.15, -0.1) is 13.2 Å². The lowest BCUT2D eigenvalue weighted by Crippen LogP contribution is -2.56. The second-order valence-corrected chi connectivity index (χ2v) is 12.1. The number of carbonyl (C=O) groups excluding carboxylic acids is 3. The fraction of sp³-hybridized carbons (Fsp3) is 0.618. The quantitative estimate of drug-likeness (QED) is 0.167. The van der Waals surface area contributed by atoms with Gasteiger partial charge in [-0.1, -0.05) is 37.3 Å². The molecular formula is C34H48N2O6. The van der Waals surface area contributed by atoms with Crippen molar-refractivity contribution in [2.24, 2.45) is 11.8 Å². The fourth-order valence-electron chi connectivity index (χ4n) is 7.62. The third-order valence-corrected chi connectivity index (χ3v) is 9.56. The number of amides is 2. The number of likely N-dealkylation sites (tertiary alicyclic amines) is 1.